The number of aryl methyl sites for hydroxylation is 2. The molecule has 0 bridgehead atoms. The lowest BCUT2D eigenvalue weighted by molar-refractivity contribution is 0.152. The van der Waals surface area contributed by atoms with Crippen molar-refractivity contribution in [3.63, 3.8) is 0 Å². The fourth-order valence-corrected chi connectivity index (χ4v) is 1.77. The Morgan fingerprint density at radius 3 is 2.55 bits per heavy atom. The average Bonchev–Trinajstić information content (AvgIpc) is 2.73. The van der Waals surface area contributed by atoms with Crippen LogP contribution in [0, 0.1) is 13.8 Å². The lowest BCUT2D eigenvalue weighted by Crippen LogP contribution is -2.39. The number of aromatic nitrogens is 1. The van der Waals surface area contributed by atoms with Gasteiger partial charge in [-0.05, 0) is 27.2 Å². The van der Waals surface area contributed by atoms with E-state index in [1.165, 1.54) is 0 Å². The molecule has 20 heavy (non-hydrogen) atoms. The van der Waals surface area contributed by atoms with Gasteiger partial charge in [0, 0.05) is 32.3 Å². The van der Waals surface area contributed by atoms with Crippen LogP contribution in [0.5, 0.6) is 0 Å². The van der Waals surface area contributed by atoms with Gasteiger partial charge in [-0.1, -0.05) is 5.16 Å². The Kier molecular flexibility index (Phi) is 10.4. The minimum atomic E-state index is 0. The lowest BCUT2D eigenvalue weighted by atomic mass is 10.1. The number of halogens is 1. The molecule has 0 saturated carbocycles. The SMILES string of the molecule is CCOCCNC(=NC)NCCc1c(C)noc1C.I. The predicted molar refractivity (Wildman–Crippen MR) is 91.0 cm³/mol. The molecule has 0 aliphatic rings. The first kappa shape index (κ1) is 19.2. The minimum Gasteiger partial charge on any atom is -0.380 e. The van der Waals surface area contributed by atoms with Crippen molar-refractivity contribution in [1.29, 1.82) is 0 Å². The first-order valence-electron chi connectivity index (χ1n) is 6.63. The third-order valence-corrected chi connectivity index (χ3v) is 2.82. The van der Waals surface area contributed by atoms with Crippen molar-refractivity contribution in [2.75, 3.05) is 33.4 Å². The summed E-state index contributed by atoms with van der Waals surface area (Å²) in [5, 5.41) is 10.4. The summed E-state index contributed by atoms with van der Waals surface area (Å²) in [6, 6.07) is 0. The predicted octanol–water partition coefficient (Wildman–Crippen LogP) is 1.65. The monoisotopic (exact) mass is 396 g/mol. The third kappa shape index (κ3) is 6.56. The molecule has 0 aromatic carbocycles. The molecular weight excluding hydrogens is 371 g/mol. The van der Waals surface area contributed by atoms with Crippen LogP contribution in [0.2, 0.25) is 0 Å². The summed E-state index contributed by atoms with van der Waals surface area (Å²) in [5.41, 5.74) is 2.12. The van der Waals surface area contributed by atoms with Crippen LogP contribution in [-0.2, 0) is 11.2 Å². The first-order chi connectivity index (χ1) is 9.19. The summed E-state index contributed by atoms with van der Waals surface area (Å²) < 4.78 is 10.4. The Labute approximate surface area is 137 Å². The van der Waals surface area contributed by atoms with Crippen molar-refractivity contribution in [2.45, 2.75) is 27.2 Å². The molecule has 1 rings (SSSR count). The van der Waals surface area contributed by atoms with Gasteiger partial charge in [-0.2, -0.15) is 0 Å². The zero-order valence-electron chi connectivity index (χ0n) is 12.7. The summed E-state index contributed by atoms with van der Waals surface area (Å²) in [5.74, 6) is 1.67. The fourth-order valence-electron chi connectivity index (χ4n) is 1.77. The van der Waals surface area contributed by atoms with Gasteiger partial charge in [-0.15, -0.1) is 24.0 Å². The number of rotatable bonds is 7. The van der Waals surface area contributed by atoms with Gasteiger partial charge in [0.05, 0.1) is 12.3 Å². The number of aliphatic imine (C=N–C) groups is 1. The van der Waals surface area contributed by atoms with E-state index in [2.05, 4.69) is 20.8 Å². The largest absolute Gasteiger partial charge is 0.380 e. The average molecular weight is 396 g/mol. The molecule has 1 aromatic rings. The van der Waals surface area contributed by atoms with Crippen LogP contribution in [0.1, 0.15) is 23.9 Å². The second-order valence-electron chi connectivity index (χ2n) is 4.18. The second-order valence-corrected chi connectivity index (χ2v) is 4.18. The minimum absolute atomic E-state index is 0. The van der Waals surface area contributed by atoms with Gasteiger partial charge in [0.15, 0.2) is 5.96 Å². The highest BCUT2D eigenvalue weighted by Gasteiger charge is 2.08. The van der Waals surface area contributed by atoms with Crippen molar-refractivity contribution in [2.24, 2.45) is 4.99 Å². The van der Waals surface area contributed by atoms with Gasteiger partial charge >= 0.3 is 0 Å². The zero-order chi connectivity index (χ0) is 14.1. The molecular formula is C13H25IN4O2. The molecule has 1 heterocycles. The van der Waals surface area contributed by atoms with Crippen LogP contribution in [-0.4, -0.2) is 44.5 Å². The Balaban J connectivity index is 0.00000361. The molecule has 0 saturated heterocycles. The molecule has 0 fully saturated rings. The van der Waals surface area contributed by atoms with E-state index >= 15 is 0 Å². The lowest BCUT2D eigenvalue weighted by Gasteiger charge is -2.11. The highest BCUT2D eigenvalue weighted by Crippen LogP contribution is 2.11. The van der Waals surface area contributed by atoms with E-state index in [1.54, 1.807) is 7.05 Å². The molecule has 0 unspecified atom stereocenters. The molecule has 0 spiro atoms. The number of guanidine groups is 1. The topological polar surface area (TPSA) is 71.7 Å². The van der Waals surface area contributed by atoms with Crippen molar-refractivity contribution < 1.29 is 9.26 Å². The molecule has 0 atom stereocenters. The van der Waals surface area contributed by atoms with Gasteiger partial charge in [0.1, 0.15) is 5.76 Å². The molecule has 0 aliphatic carbocycles. The molecule has 2 N–H and O–H groups in total. The highest BCUT2D eigenvalue weighted by molar-refractivity contribution is 14.0. The van der Waals surface area contributed by atoms with Gasteiger partial charge in [-0.3, -0.25) is 4.99 Å². The van der Waals surface area contributed by atoms with Crippen LogP contribution >= 0.6 is 24.0 Å². The maximum Gasteiger partial charge on any atom is 0.191 e. The smallest absolute Gasteiger partial charge is 0.191 e. The number of hydrogen-bond donors (Lipinski definition) is 2. The highest BCUT2D eigenvalue weighted by atomic mass is 127. The molecule has 116 valence electrons. The van der Waals surface area contributed by atoms with E-state index < -0.39 is 0 Å². The van der Waals surface area contributed by atoms with Crippen LogP contribution in [0.25, 0.3) is 0 Å². The van der Waals surface area contributed by atoms with Gasteiger partial charge < -0.3 is 19.9 Å². The van der Waals surface area contributed by atoms with E-state index in [0.717, 1.165) is 49.1 Å². The Morgan fingerprint density at radius 1 is 1.30 bits per heavy atom. The Bertz CT molecular complexity index is 388. The Hall–Kier alpha value is -0.830. The van der Waals surface area contributed by atoms with Crippen LogP contribution in [0.15, 0.2) is 9.52 Å². The number of ether oxygens (including phenoxy) is 1. The van der Waals surface area contributed by atoms with E-state index in [0.29, 0.717) is 6.61 Å². The van der Waals surface area contributed by atoms with E-state index in [4.69, 9.17) is 9.26 Å². The van der Waals surface area contributed by atoms with Crippen molar-refractivity contribution in [3.8, 4) is 0 Å². The molecule has 0 radical (unpaired) electrons. The number of nitrogens with one attached hydrogen (secondary N) is 2. The molecule has 0 amide bonds. The summed E-state index contributed by atoms with van der Waals surface area (Å²) in [6.07, 6.45) is 0.868. The maximum absolute atomic E-state index is 5.26. The summed E-state index contributed by atoms with van der Waals surface area (Å²) in [6.45, 7) is 8.83. The van der Waals surface area contributed by atoms with Crippen LogP contribution in [0.4, 0.5) is 0 Å². The van der Waals surface area contributed by atoms with E-state index in [-0.39, 0.29) is 24.0 Å². The third-order valence-electron chi connectivity index (χ3n) is 2.82. The van der Waals surface area contributed by atoms with Crippen molar-refractivity contribution in [1.82, 2.24) is 15.8 Å². The van der Waals surface area contributed by atoms with Crippen LogP contribution in [0.3, 0.4) is 0 Å². The maximum atomic E-state index is 5.26. The van der Waals surface area contributed by atoms with Crippen LogP contribution < -0.4 is 10.6 Å². The van der Waals surface area contributed by atoms with E-state index in [1.807, 2.05) is 20.8 Å². The normalized spacial score (nSPS) is 11.1. The molecule has 6 nitrogen and oxygen atoms in total. The summed E-state index contributed by atoms with van der Waals surface area (Å²) in [7, 11) is 1.76. The van der Waals surface area contributed by atoms with E-state index in [9.17, 15) is 0 Å². The van der Waals surface area contributed by atoms with Gasteiger partial charge in [0.25, 0.3) is 0 Å². The fraction of sp³-hybridized carbons (Fsp3) is 0.692. The molecule has 1 aromatic heterocycles. The molecule has 7 heteroatoms. The number of nitrogens with zero attached hydrogens (tertiary/aromatic N) is 2. The second kappa shape index (κ2) is 10.9. The zero-order valence-corrected chi connectivity index (χ0v) is 15.0. The summed E-state index contributed by atoms with van der Waals surface area (Å²) >= 11 is 0. The summed E-state index contributed by atoms with van der Waals surface area (Å²) in [4.78, 5) is 4.15. The first-order valence-corrected chi connectivity index (χ1v) is 6.63. The van der Waals surface area contributed by atoms with Gasteiger partial charge in [0.2, 0.25) is 0 Å². The molecule has 0 aliphatic heterocycles. The van der Waals surface area contributed by atoms with Gasteiger partial charge in [-0.25, -0.2) is 0 Å². The quantitative estimate of drug-likeness (QED) is 0.318. The van der Waals surface area contributed by atoms with Crippen molar-refractivity contribution in [3.05, 3.63) is 17.0 Å². The number of hydrogen-bond acceptors (Lipinski definition) is 4. The van der Waals surface area contributed by atoms with Crippen molar-refractivity contribution >= 4 is 29.9 Å². The Morgan fingerprint density at radius 2 is 2.00 bits per heavy atom. The standard InChI is InChI=1S/C13H24N4O2.HI/c1-5-18-9-8-16-13(14-4)15-7-6-12-10(2)17-19-11(12)3;/h5-9H2,1-4H3,(H2,14,15,16);1H.